The van der Waals surface area contributed by atoms with Crippen molar-refractivity contribution in [1.82, 2.24) is 0 Å². The molecule has 0 radical (unpaired) electrons. The van der Waals surface area contributed by atoms with Gasteiger partial charge in [-0.1, -0.05) is 24.3 Å². The van der Waals surface area contributed by atoms with E-state index in [2.05, 4.69) is 0 Å². The fourth-order valence-corrected chi connectivity index (χ4v) is 1.37. The van der Waals surface area contributed by atoms with E-state index < -0.39 is 17.4 Å². The van der Waals surface area contributed by atoms with Gasteiger partial charge in [0.25, 0.3) is 0 Å². The monoisotopic (exact) mass is 206 g/mol. The third-order valence-electron chi connectivity index (χ3n) is 2.13. The van der Waals surface area contributed by atoms with Gasteiger partial charge in [-0.3, -0.25) is 0 Å². The SMILES string of the molecule is Oc1ccc(-c2ccccc2F)cc1F. The van der Waals surface area contributed by atoms with E-state index in [9.17, 15) is 8.78 Å². The molecule has 0 saturated carbocycles. The van der Waals surface area contributed by atoms with E-state index in [1.807, 2.05) is 0 Å². The lowest BCUT2D eigenvalue weighted by atomic mass is 10.1. The molecule has 3 heteroatoms. The van der Waals surface area contributed by atoms with Crippen LogP contribution in [0.2, 0.25) is 0 Å². The number of phenols is 1. The topological polar surface area (TPSA) is 20.2 Å². The van der Waals surface area contributed by atoms with Crippen LogP contribution >= 0.6 is 0 Å². The Kier molecular flexibility index (Phi) is 2.37. The van der Waals surface area contributed by atoms with Gasteiger partial charge in [-0.15, -0.1) is 0 Å². The second-order valence-electron chi connectivity index (χ2n) is 3.15. The van der Waals surface area contributed by atoms with E-state index in [4.69, 9.17) is 5.11 Å². The van der Waals surface area contributed by atoms with Crippen LogP contribution in [-0.4, -0.2) is 5.11 Å². The highest BCUT2D eigenvalue weighted by molar-refractivity contribution is 5.64. The molecular formula is C12H8F2O. The smallest absolute Gasteiger partial charge is 0.165 e. The average Bonchev–Trinajstić information content (AvgIpc) is 2.23. The fourth-order valence-electron chi connectivity index (χ4n) is 1.37. The molecule has 15 heavy (non-hydrogen) atoms. The molecule has 2 rings (SSSR count). The fraction of sp³-hybridized carbons (Fsp3) is 0. The zero-order chi connectivity index (χ0) is 10.8. The third-order valence-corrected chi connectivity index (χ3v) is 2.13. The largest absolute Gasteiger partial charge is 0.505 e. The molecular weight excluding hydrogens is 198 g/mol. The average molecular weight is 206 g/mol. The van der Waals surface area contributed by atoms with Crippen molar-refractivity contribution in [3.63, 3.8) is 0 Å². The van der Waals surface area contributed by atoms with Crippen LogP contribution in [0, 0.1) is 11.6 Å². The molecule has 76 valence electrons. The number of rotatable bonds is 1. The summed E-state index contributed by atoms with van der Waals surface area (Å²) in [5.41, 5.74) is 0.722. The summed E-state index contributed by atoms with van der Waals surface area (Å²) in [7, 11) is 0. The highest BCUT2D eigenvalue weighted by Crippen LogP contribution is 2.26. The third kappa shape index (κ3) is 1.81. The maximum atomic E-state index is 13.3. The van der Waals surface area contributed by atoms with Gasteiger partial charge in [0.15, 0.2) is 11.6 Å². The minimum absolute atomic E-state index is 0.316. The van der Waals surface area contributed by atoms with Crippen molar-refractivity contribution in [2.24, 2.45) is 0 Å². The minimum Gasteiger partial charge on any atom is -0.505 e. The van der Waals surface area contributed by atoms with Crippen LogP contribution in [-0.2, 0) is 0 Å². The van der Waals surface area contributed by atoms with Gasteiger partial charge in [-0.2, -0.15) is 0 Å². The molecule has 0 aliphatic carbocycles. The predicted octanol–water partition coefficient (Wildman–Crippen LogP) is 3.34. The number of hydrogen-bond acceptors (Lipinski definition) is 1. The molecule has 0 aliphatic heterocycles. The lowest BCUT2D eigenvalue weighted by Gasteiger charge is -2.03. The normalized spacial score (nSPS) is 10.3. The van der Waals surface area contributed by atoms with Crippen LogP contribution in [0.15, 0.2) is 42.5 Å². The Labute approximate surface area is 85.6 Å². The van der Waals surface area contributed by atoms with Gasteiger partial charge in [0.2, 0.25) is 0 Å². The molecule has 2 aromatic carbocycles. The Hall–Kier alpha value is -1.90. The molecule has 1 nitrogen and oxygen atoms in total. The first-order valence-corrected chi connectivity index (χ1v) is 4.42. The molecule has 0 saturated heterocycles. The van der Waals surface area contributed by atoms with Crippen molar-refractivity contribution in [1.29, 1.82) is 0 Å². The minimum atomic E-state index is -0.754. The molecule has 0 spiro atoms. The Bertz CT molecular complexity index is 495. The maximum Gasteiger partial charge on any atom is 0.165 e. The van der Waals surface area contributed by atoms with Crippen LogP contribution in [0.3, 0.4) is 0 Å². The van der Waals surface area contributed by atoms with Crippen molar-refractivity contribution in [3.8, 4) is 16.9 Å². The van der Waals surface area contributed by atoms with Crippen molar-refractivity contribution >= 4 is 0 Å². The van der Waals surface area contributed by atoms with Crippen molar-refractivity contribution in [2.45, 2.75) is 0 Å². The van der Waals surface area contributed by atoms with Crippen LogP contribution in [0.25, 0.3) is 11.1 Å². The summed E-state index contributed by atoms with van der Waals surface area (Å²) in [4.78, 5) is 0. The summed E-state index contributed by atoms with van der Waals surface area (Å²) in [5, 5.41) is 8.99. The number of halogens is 2. The lowest BCUT2D eigenvalue weighted by molar-refractivity contribution is 0.432. The second-order valence-corrected chi connectivity index (χ2v) is 3.15. The lowest BCUT2D eigenvalue weighted by Crippen LogP contribution is -1.85. The number of aromatic hydroxyl groups is 1. The highest BCUT2D eigenvalue weighted by Gasteiger charge is 2.06. The molecule has 0 fully saturated rings. The van der Waals surface area contributed by atoms with Gasteiger partial charge in [0, 0.05) is 5.56 Å². The number of benzene rings is 2. The van der Waals surface area contributed by atoms with E-state index in [0.717, 1.165) is 6.07 Å². The van der Waals surface area contributed by atoms with Crippen molar-refractivity contribution < 1.29 is 13.9 Å². The molecule has 0 unspecified atom stereocenters. The molecule has 1 N–H and O–H groups in total. The first kappa shape index (κ1) is 9.65. The van der Waals surface area contributed by atoms with E-state index in [1.54, 1.807) is 18.2 Å². The molecule has 0 amide bonds. The molecule has 0 bridgehead atoms. The van der Waals surface area contributed by atoms with Gasteiger partial charge >= 0.3 is 0 Å². The van der Waals surface area contributed by atoms with E-state index in [0.29, 0.717) is 11.1 Å². The number of hydrogen-bond donors (Lipinski definition) is 1. The summed E-state index contributed by atoms with van der Waals surface area (Å²) in [5.74, 6) is -1.60. The van der Waals surface area contributed by atoms with Crippen LogP contribution in [0.1, 0.15) is 0 Å². The molecule has 2 aromatic rings. The van der Waals surface area contributed by atoms with E-state index in [1.165, 1.54) is 18.2 Å². The first-order chi connectivity index (χ1) is 7.18. The van der Waals surface area contributed by atoms with Gasteiger partial charge < -0.3 is 5.11 Å². The Balaban J connectivity index is 2.55. The maximum absolute atomic E-state index is 13.3. The molecule has 0 heterocycles. The number of phenolic OH excluding ortho intramolecular Hbond substituents is 1. The zero-order valence-corrected chi connectivity index (χ0v) is 7.74. The van der Waals surface area contributed by atoms with Crippen molar-refractivity contribution in [2.75, 3.05) is 0 Å². The van der Waals surface area contributed by atoms with Crippen LogP contribution in [0.4, 0.5) is 8.78 Å². The summed E-state index contributed by atoms with van der Waals surface area (Å²) < 4.78 is 26.3. The summed E-state index contributed by atoms with van der Waals surface area (Å²) in [6, 6.07) is 9.88. The van der Waals surface area contributed by atoms with Gasteiger partial charge in [-0.05, 0) is 23.8 Å². The quantitative estimate of drug-likeness (QED) is 0.758. The van der Waals surface area contributed by atoms with Gasteiger partial charge in [0.1, 0.15) is 5.82 Å². The standard InChI is InChI=1S/C12H8F2O/c13-10-4-2-1-3-9(10)8-5-6-12(15)11(14)7-8/h1-7,15H. The van der Waals surface area contributed by atoms with Crippen molar-refractivity contribution in [3.05, 3.63) is 54.1 Å². The Morgan fingerprint density at radius 3 is 2.27 bits per heavy atom. The molecule has 0 aliphatic rings. The van der Waals surface area contributed by atoms with Crippen LogP contribution in [0.5, 0.6) is 5.75 Å². The Morgan fingerprint density at radius 2 is 1.60 bits per heavy atom. The van der Waals surface area contributed by atoms with Gasteiger partial charge in [0.05, 0.1) is 0 Å². The first-order valence-electron chi connectivity index (χ1n) is 4.42. The van der Waals surface area contributed by atoms with Crippen LogP contribution < -0.4 is 0 Å². The Morgan fingerprint density at radius 1 is 0.867 bits per heavy atom. The second kappa shape index (κ2) is 3.69. The zero-order valence-electron chi connectivity index (χ0n) is 7.74. The molecule has 0 aromatic heterocycles. The van der Waals surface area contributed by atoms with E-state index in [-0.39, 0.29) is 0 Å². The molecule has 0 atom stereocenters. The predicted molar refractivity (Wildman–Crippen MR) is 53.5 cm³/mol. The van der Waals surface area contributed by atoms with Gasteiger partial charge in [-0.25, -0.2) is 8.78 Å². The summed E-state index contributed by atoms with van der Waals surface area (Å²) >= 11 is 0. The highest BCUT2D eigenvalue weighted by atomic mass is 19.1. The summed E-state index contributed by atoms with van der Waals surface area (Å²) in [6.45, 7) is 0. The summed E-state index contributed by atoms with van der Waals surface area (Å²) in [6.07, 6.45) is 0. The van der Waals surface area contributed by atoms with E-state index >= 15 is 0 Å².